The van der Waals surface area contributed by atoms with Gasteiger partial charge in [-0.05, 0) is 53.9 Å². The molecule has 3 atom stereocenters. The molecule has 0 radical (unpaired) electrons. The van der Waals surface area contributed by atoms with E-state index in [4.69, 9.17) is 4.74 Å². The number of hydrogen-bond acceptors (Lipinski definition) is 5. The molecule has 9 heteroatoms. The van der Waals surface area contributed by atoms with Gasteiger partial charge in [-0.2, -0.15) is 0 Å². The Hall–Kier alpha value is -2.49. The van der Waals surface area contributed by atoms with Gasteiger partial charge in [-0.1, -0.05) is 65.8 Å². The van der Waals surface area contributed by atoms with Gasteiger partial charge in [0.05, 0.1) is 12.5 Å². The van der Waals surface area contributed by atoms with Gasteiger partial charge in [-0.25, -0.2) is 4.79 Å². The summed E-state index contributed by atoms with van der Waals surface area (Å²) in [7, 11) is -2.60. The highest BCUT2D eigenvalue weighted by atomic mass is 28.4. The van der Waals surface area contributed by atoms with Gasteiger partial charge in [-0.3, -0.25) is 18.7 Å². The first kappa shape index (κ1) is 30.1. The fourth-order valence-corrected chi connectivity index (χ4v) is 9.00. The van der Waals surface area contributed by atoms with Crippen molar-refractivity contribution >= 4 is 19.4 Å². The van der Waals surface area contributed by atoms with Crippen LogP contribution in [0.4, 0.5) is 0 Å². The standard InChI is InChI=1S/C29H45N3O5Si/c1-8-25-21(6)16-27(37-25)32-18-22(7)28(34)31(29(32)35)15-9-14-30-26(33)17-23-10-12-24(13-11-23)38(36,19(2)3)20(4)5/h10-13,18-21,25,27,36H,8-9,14-17H2,1-7H3,(H,30,33)/t21-,25+,27?/m0/s1. The topological polar surface area (TPSA) is 103 Å². The Bertz CT molecular complexity index is 1210. The normalized spacial score (nSPS) is 19.9. The lowest BCUT2D eigenvalue weighted by molar-refractivity contribution is -0.120. The monoisotopic (exact) mass is 543 g/mol. The summed E-state index contributed by atoms with van der Waals surface area (Å²) in [5.41, 5.74) is 1.10. The molecule has 1 aromatic heterocycles. The lowest BCUT2D eigenvalue weighted by Gasteiger charge is -2.33. The molecule has 0 saturated carbocycles. The first-order valence-electron chi connectivity index (χ1n) is 14.0. The number of ether oxygens (including phenoxy) is 1. The zero-order valence-corrected chi connectivity index (χ0v) is 25.0. The number of nitrogens with zero attached hydrogens (tertiary/aromatic N) is 2. The van der Waals surface area contributed by atoms with Gasteiger partial charge in [-0.15, -0.1) is 0 Å². The second-order valence-electron chi connectivity index (χ2n) is 11.4. The molecule has 2 aromatic rings. The molecule has 1 aliphatic heterocycles. The van der Waals surface area contributed by atoms with Crippen LogP contribution in [-0.4, -0.2) is 40.8 Å². The lowest BCUT2D eigenvalue weighted by Crippen LogP contribution is -2.53. The zero-order chi connectivity index (χ0) is 28.2. The van der Waals surface area contributed by atoms with E-state index in [9.17, 15) is 19.2 Å². The smallest absolute Gasteiger partial charge is 0.333 e. The molecule has 1 aromatic carbocycles. The molecule has 1 aliphatic rings. The van der Waals surface area contributed by atoms with Crippen molar-refractivity contribution in [3.8, 4) is 0 Å². The van der Waals surface area contributed by atoms with Crippen LogP contribution in [0.2, 0.25) is 11.1 Å². The zero-order valence-electron chi connectivity index (χ0n) is 24.0. The molecule has 1 fully saturated rings. The summed E-state index contributed by atoms with van der Waals surface area (Å²) >= 11 is 0. The Morgan fingerprint density at radius 2 is 1.79 bits per heavy atom. The van der Waals surface area contributed by atoms with Gasteiger partial charge in [0.15, 0.2) is 0 Å². The minimum atomic E-state index is -2.60. The SMILES string of the molecule is CC[C@H]1OC(n2cc(C)c(=O)n(CCCNC(=O)Cc3ccc([Si](O)(C(C)C)C(C)C)cc3)c2=O)C[C@@H]1C. The minimum absolute atomic E-state index is 0.109. The number of amides is 1. The van der Waals surface area contributed by atoms with Crippen LogP contribution >= 0.6 is 0 Å². The van der Waals surface area contributed by atoms with Crippen LogP contribution in [0.3, 0.4) is 0 Å². The number of nitrogens with one attached hydrogen (secondary N) is 1. The Labute approximate surface area is 227 Å². The summed E-state index contributed by atoms with van der Waals surface area (Å²) in [6.07, 6.45) is 3.67. The van der Waals surface area contributed by atoms with Crippen LogP contribution in [0.5, 0.6) is 0 Å². The third kappa shape index (κ3) is 6.38. The van der Waals surface area contributed by atoms with E-state index in [0.29, 0.717) is 24.4 Å². The van der Waals surface area contributed by atoms with Crippen molar-refractivity contribution in [2.45, 2.75) is 104 Å². The van der Waals surface area contributed by atoms with Crippen molar-refractivity contribution in [2.75, 3.05) is 6.54 Å². The maximum atomic E-state index is 13.1. The maximum Gasteiger partial charge on any atom is 0.333 e. The van der Waals surface area contributed by atoms with E-state index < -0.39 is 8.32 Å². The fraction of sp³-hybridized carbons (Fsp3) is 0.621. The summed E-state index contributed by atoms with van der Waals surface area (Å²) < 4.78 is 8.88. The van der Waals surface area contributed by atoms with Crippen LogP contribution < -0.4 is 21.8 Å². The maximum absolute atomic E-state index is 13.1. The van der Waals surface area contributed by atoms with Gasteiger partial charge in [0.25, 0.3) is 5.56 Å². The van der Waals surface area contributed by atoms with Crippen LogP contribution in [0.1, 0.15) is 78.2 Å². The highest BCUT2D eigenvalue weighted by Gasteiger charge is 2.40. The molecule has 2 N–H and O–H groups in total. The Morgan fingerprint density at radius 1 is 1.16 bits per heavy atom. The van der Waals surface area contributed by atoms with Crippen LogP contribution in [-0.2, 0) is 22.5 Å². The van der Waals surface area contributed by atoms with Gasteiger partial charge in [0.1, 0.15) is 6.23 Å². The van der Waals surface area contributed by atoms with E-state index >= 15 is 0 Å². The van der Waals surface area contributed by atoms with Crippen molar-refractivity contribution in [1.29, 1.82) is 0 Å². The molecule has 0 aliphatic carbocycles. The number of rotatable bonds is 11. The average molecular weight is 544 g/mol. The highest BCUT2D eigenvalue weighted by molar-refractivity contribution is 6.87. The van der Waals surface area contributed by atoms with E-state index in [2.05, 4.69) is 46.9 Å². The number of carbonyl (C=O) groups excluding carboxylic acids is 1. The lowest BCUT2D eigenvalue weighted by atomic mass is 10.0. The predicted octanol–water partition coefficient (Wildman–Crippen LogP) is 3.37. The summed E-state index contributed by atoms with van der Waals surface area (Å²) in [4.78, 5) is 49.7. The van der Waals surface area contributed by atoms with Crippen molar-refractivity contribution in [1.82, 2.24) is 14.5 Å². The quantitative estimate of drug-likeness (QED) is 0.334. The molecule has 0 spiro atoms. The first-order valence-corrected chi connectivity index (χ1v) is 16.1. The van der Waals surface area contributed by atoms with E-state index in [-0.39, 0.29) is 53.5 Å². The third-order valence-electron chi connectivity index (χ3n) is 8.04. The largest absolute Gasteiger partial charge is 0.427 e. The molecule has 3 rings (SSSR count). The fourth-order valence-electron chi connectivity index (χ4n) is 5.64. The molecule has 2 heterocycles. The molecule has 0 bridgehead atoms. The molecule has 8 nitrogen and oxygen atoms in total. The average Bonchev–Trinajstić information content (AvgIpc) is 3.25. The number of aromatic nitrogens is 2. The number of hydrogen-bond donors (Lipinski definition) is 2. The van der Waals surface area contributed by atoms with Gasteiger partial charge in [0.2, 0.25) is 14.2 Å². The summed E-state index contributed by atoms with van der Waals surface area (Å²) in [6, 6.07) is 7.76. The number of benzene rings is 1. The number of aryl methyl sites for hydroxylation is 1. The van der Waals surface area contributed by atoms with Gasteiger partial charge < -0.3 is 14.8 Å². The highest BCUT2D eigenvalue weighted by Crippen LogP contribution is 2.33. The second-order valence-corrected chi connectivity index (χ2v) is 16.0. The summed E-state index contributed by atoms with van der Waals surface area (Å²) in [6.45, 7) is 14.8. The minimum Gasteiger partial charge on any atom is -0.427 e. The van der Waals surface area contributed by atoms with E-state index in [1.807, 2.05) is 24.3 Å². The molecule has 1 amide bonds. The Morgan fingerprint density at radius 3 is 2.34 bits per heavy atom. The molecule has 38 heavy (non-hydrogen) atoms. The van der Waals surface area contributed by atoms with Crippen LogP contribution in [0.15, 0.2) is 40.1 Å². The van der Waals surface area contributed by atoms with E-state index in [0.717, 1.165) is 23.6 Å². The first-order chi connectivity index (χ1) is 17.9. The van der Waals surface area contributed by atoms with Crippen molar-refractivity contribution in [3.05, 3.63) is 62.4 Å². The van der Waals surface area contributed by atoms with Crippen LogP contribution in [0.25, 0.3) is 0 Å². The molecular formula is C29H45N3O5Si. The predicted molar refractivity (Wildman–Crippen MR) is 153 cm³/mol. The molecular weight excluding hydrogens is 498 g/mol. The summed E-state index contributed by atoms with van der Waals surface area (Å²) in [5.74, 6) is 0.230. The van der Waals surface area contributed by atoms with Crippen molar-refractivity contribution in [2.24, 2.45) is 5.92 Å². The molecule has 210 valence electrons. The van der Waals surface area contributed by atoms with Crippen molar-refractivity contribution in [3.63, 3.8) is 0 Å². The van der Waals surface area contributed by atoms with Crippen LogP contribution in [0, 0.1) is 12.8 Å². The van der Waals surface area contributed by atoms with E-state index in [1.54, 1.807) is 17.7 Å². The van der Waals surface area contributed by atoms with E-state index in [1.165, 1.54) is 4.57 Å². The third-order valence-corrected chi connectivity index (χ3v) is 12.8. The van der Waals surface area contributed by atoms with Crippen molar-refractivity contribution < 1.29 is 14.3 Å². The summed E-state index contributed by atoms with van der Waals surface area (Å²) in [5, 5.41) is 3.89. The van der Waals surface area contributed by atoms with Gasteiger partial charge in [0, 0.05) is 24.8 Å². The molecule has 1 saturated heterocycles. The number of carbonyl (C=O) groups is 1. The second kappa shape index (κ2) is 12.6. The Kier molecular flexibility index (Phi) is 9.94. The Balaban J connectivity index is 1.58. The molecule has 1 unspecified atom stereocenters. The van der Waals surface area contributed by atoms with Gasteiger partial charge >= 0.3 is 5.69 Å².